The normalized spacial score (nSPS) is 14.5. The van der Waals surface area contributed by atoms with Crippen molar-refractivity contribution in [1.82, 2.24) is 4.90 Å². The summed E-state index contributed by atoms with van der Waals surface area (Å²) in [4.78, 5) is 14.8. The molecule has 2 aromatic rings. The van der Waals surface area contributed by atoms with Gasteiger partial charge in [-0.3, -0.25) is 0 Å². The van der Waals surface area contributed by atoms with Gasteiger partial charge in [-0.15, -0.1) is 0 Å². The Morgan fingerprint density at radius 3 is 2.65 bits per heavy atom. The third-order valence-electron chi connectivity index (χ3n) is 4.85. The number of carbonyl (C=O) groups is 1. The van der Waals surface area contributed by atoms with Crippen molar-refractivity contribution < 1.29 is 14.6 Å². The van der Waals surface area contributed by atoms with Crippen molar-refractivity contribution in [2.24, 2.45) is 0 Å². The molecule has 0 saturated carbocycles. The first kappa shape index (κ1) is 18.1. The molecule has 1 heterocycles. The molecule has 1 fully saturated rings. The van der Waals surface area contributed by atoms with Gasteiger partial charge in [0.05, 0.1) is 6.61 Å². The Morgan fingerprint density at radius 1 is 1.19 bits per heavy atom. The van der Waals surface area contributed by atoms with Gasteiger partial charge < -0.3 is 19.6 Å². The predicted molar refractivity (Wildman–Crippen MR) is 106 cm³/mol. The fraction of sp³-hybridized carbons (Fsp3) is 0.381. The van der Waals surface area contributed by atoms with E-state index in [-0.39, 0.29) is 0 Å². The third-order valence-corrected chi connectivity index (χ3v) is 4.85. The molecular formula is C21H26N2O3. The molecule has 1 aliphatic rings. The van der Waals surface area contributed by atoms with E-state index in [4.69, 9.17) is 9.84 Å². The summed E-state index contributed by atoms with van der Waals surface area (Å²) in [5.74, 6) is 0.700. The predicted octanol–water partition coefficient (Wildman–Crippen LogP) is 4.43. The highest BCUT2D eigenvalue weighted by Crippen LogP contribution is 2.30. The number of unbranched alkanes of at least 4 members (excludes halogenated alkanes) is 1. The molecule has 0 spiro atoms. The van der Waals surface area contributed by atoms with E-state index in [1.54, 1.807) is 0 Å². The Bertz CT molecular complexity index is 795. The van der Waals surface area contributed by atoms with Gasteiger partial charge in [0, 0.05) is 42.8 Å². The minimum atomic E-state index is -0.842. The van der Waals surface area contributed by atoms with Crippen LogP contribution in [-0.2, 0) is 4.74 Å². The van der Waals surface area contributed by atoms with E-state index in [1.807, 2.05) is 12.1 Å². The van der Waals surface area contributed by atoms with Gasteiger partial charge in [0.25, 0.3) is 0 Å². The first-order chi connectivity index (χ1) is 12.6. The number of hydrogen-bond acceptors (Lipinski definition) is 3. The second-order valence-electron chi connectivity index (χ2n) is 6.59. The van der Waals surface area contributed by atoms with Crippen LogP contribution in [0.5, 0.6) is 0 Å². The summed E-state index contributed by atoms with van der Waals surface area (Å²) < 4.78 is 5.76. The first-order valence-electron chi connectivity index (χ1n) is 9.18. The summed E-state index contributed by atoms with van der Waals surface area (Å²) in [6.07, 6.45) is 1.27. The van der Waals surface area contributed by atoms with E-state index in [0.717, 1.165) is 34.9 Å². The molecule has 1 saturated heterocycles. The molecule has 0 unspecified atom stereocenters. The molecule has 0 atom stereocenters. The highest BCUT2D eigenvalue weighted by atomic mass is 16.5. The van der Waals surface area contributed by atoms with E-state index in [9.17, 15) is 4.79 Å². The lowest BCUT2D eigenvalue weighted by Crippen LogP contribution is -2.48. The second kappa shape index (κ2) is 8.13. The number of benzene rings is 2. The number of fused-ring (bicyclic) bond motifs is 1. The maximum absolute atomic E-state index is 11.1. The van der Waals surface area contributed by atoms with Crippen LogP contribution in [0.25, 0.3) is 16.5 Å². The second-order valence-corrected chi connectivity index (χ2v) is 6.59. The Balaban J connectivity index is 1.83. The molecule has 0 aliphatic carbocycles. The molecule has 3 rings (SSSR count). The van der Waals surface area contributed by atoms with Gasteiger partial charge in [0.15, 0.2) is 0 Å². The Hall–Kier alpha value is -2.69. The van der Waals surface area contributed by atoms with Gasteiger partial charge in [0.1, 0.15) is 5.76 Å². The lowest BCUT2D eigenvalue weighted by Gasteiger charge is -2.35. The topological polar surface area (TPSA) is 53.0 Å². The molecule has 2 aromatic carbocycles. The van der Waals surface area contributed by atoms with Crippen LogP contribution in [0.1, 0.15) is 25.3 Å². The molecular weight excluding hydrogens is 328 g/mol. The average Bonchev–Trinajstić information content (AvgIpc) is 2.67. The molecule has 0 radical (unpaired) electrons. The molecule has 1 aliphatic heterocycles. The van der Waals surface area contributed by atoms with Gasteiger partial charge in [-0.25, -0.2) is 4.79 Å². The molecule has 1 N–H and O–H groups in total. The molecule has 0 aromatic heterocycles. The molecule has 138 valence electrons. The van der Waals surface area contributed by atoms with Crippen molar-refractivity contribution in [3.63, 3.8) is 0 Å². The summed E-state index contributed by atoms with van der Waals surface area (Å²) in [6.45, 7) is 9.34. The SMILES string of the molecule is C=C(OCCCC)c1ccc2cccc(N3CCN(C(=O)O)CC3)c2c1. The van der Waals surface area contributed by atoms with E-state index in [1.165, 1.54) is 4.90 Å². The van der Waals surface area contributed by atoms with Crippen LogP contribution in [-0.4, -0.2) is 48.9 Å². The first-order valence-corrected chi connectivity index (χ1v) is 9.18. The van der Waals surface area contributed by atoms with Gasteiger partial charge in [-0.2, -0.15) is 0 Å². The van der Waals surface area contributed by atoms with Crippen LogP contribution in [0.15, 0.2) is 43.0 Å². The number of anilines is 1. The number of ether oxygens (including phenoxy) is 1. The molecule has 5 nitrogen and oxygen atoms in total. The Kier molecular flexibility index (Phi) is 5.66. The van der Waals surface area contributed by atoms with Crippen molar-refractivity contribution in [3.05, 3.63) is 48.5 Å². The van der Waals surface area contributed by atoms with E-state index < -0.39 is 6.09 Å². The van der Waals surface area contributed by atoms with E-state index >= 15 is 0 Å². The summed E-state index contributed by atoms with van der Waals surface area (Å²) in [5.41, 5.74) is 2.13. The lowest BCUT2D eigenvalue weighted by atomic mass is 10.0. The molecule has 1 amide bonds. The third kappa shape index (κ3) is 3.93. The monoisotopic (exact) mass is 354 g/mol. The molecule has 26 heavy (non-hydrogen) atoms. The molecule has 0 bridgehead atoms. The number of carboxylic acid groups (broad SMARTS) is 1. The minimum Gasteiger partial charge on any atom is -0.494 e. The van der Waals surface area contributed by atoms with Crippen molar-refractivity contribution >= 4 is 28.3 Å². The number of amides is 1. The maximum Gasteiger partial charge on any atom is 0.407 e. The van der Waals surface area contributed by atoms with Crippen LogP contribution in [0.3, 0.4) is 0 Å². The Morgan fingerprint density at radius 2 is 1.96 bits per heavy atom. The highest BCUT2D eigenvalue weighted by molar-refractivity contribution is 5.96. The average molecular weight is 354 g/mol. The van der Waals surface area contributed by atoms with E-state index in [2.05, 4.69) is 42.7 Å². The van der Waals surface area contributed by atoms with Gasteiger partial charge >= 0.3 is 6.09 Å². The van der Waals surface area contributed by atoms with Crippen molar-refractivity contribution in [3.8, 4) is 0 Å². The van der Waals surface area contributed by atoms with Gasteiger partial charge in [-0.1, -0.05) is 44.2 Å². The number of piperazine rings is 1. The van der Waals surface area contributed by atoms with Crippen LogP contribution in [0.4, 0.5) is 10.5 Å². The zero-order chi connectivity index (χ0) is 18.5. The lowest BCUT2D eigenvalue weighted by molar-refractivity contribution is 0.142. The summed E-state index contributed by atoms with van der Waals surface area (Å²) >= 11 is 0. The van der Waals surface area contributed by atoms with Crippen molar-refractivity contribution in [2.45, 2.75) is 19.8 Å². The quantitative estimate of drug-likeness (QED) is 0.616. The standard InChI is InChI=1S/C21H26N2O3/c1-3-4-14-26-16(2)18-9-8-17-6-5-7-20(19(17)15-18)22-10-12-23(13-11-22)21(24)25/h5-9,15H,2-4,10-14H2,1H3,(H,24,25). The summed E-state index contributed by atoms with van der Waals surface area (Å²) in [5, 5.41) is 11.4. The van der Waals surface area contributed by atoms with Crippen molar-refractivity contribution in [2.75, 3.05) is 37.7 Å². The molecule has 5 heteroatoms. The number of hydrogen-bond donors (Lipinski definition) is 1. The maximum atomic E-state index is 11.1. The summed E-state index contributed by atoms with van der Waals surface area (Å²) in [7, 11) is 0. The van der Waals surface area contributed by atoms with Crippen LogP contribution >= 0.6 is 0 Å². The smallest absolute Gasteiger partial charge is 0.407 e. The van der Waals surface area contributed by atoms with Gasteiger partial charge in [0.2, 0.25) is 0 Å². The van der Waals surface area contributed by atoms with Crippen LogP contribution in [0, 0.1) is 0 Å². The fourth-order valence-corrected chi connectivity index (χ4v) is 3.27. The summed E-state index contributed by atoms with van der Waals surface area (Å²) in [6, 6.07) is 12.5. The fourth-order valence-electron chi connectivity index (χ4n) is 3.27. The van der Waals surface area contributed by atoms with Crippen LogP contribution < -0.4 is 4.90 Å². The zero-order valence-corrected chi connectivity index (χ0v) is 15.3. The van der Waals surface area contributed by atoms with Crippen LogP contribution in [0.2, 0.25) is 0 Å². The zero-order valence-electron chi connectivity index (χ0n) is 15.3. The number of nitrogens with zero attached hydrogens (tertiary/aromatic N) is 2. The Labute approximate surface area is 154 Å². The largest absolute Gasteiger partial charge is 0.494 e. The van der Waals surface area contributed by atoms with Crippen molar-refractivity contribution in [1.29, 1.82) is 0 Å². The minimum absolute atomic E-state index is 0.526. The number of rotatable bonds is 6. The highest BCUT2D eigenvalue weighted by Gasteiger charge is 2.21. The van der Waals surface area contributed by atoms with Gasteiger partial charge in [-0.05, 0) is 23.9 Å². The van der Waals surface area contributed by atoms with E-state index in [0.29, 0.717) is 38.5 Å².